The summed E-state index contributed by atoms with van der Waals surface area (Å²) in [6, 6.07) is 49.4. The Morgan fingerprint density at radius 2 is 0.766 bits per heavy atom. The van der Waals surface area contributed by atoms with Gasteiger partial charge in [0.05, 0.1) is 59.5 Å². The van der Waals surface area contributed by atoms with Gasteiger partial charge in [-0.1, -0.05) is 164 Å². The zero-order valence-electron chi connectivity index (χ0n) is 36.2. The normalized spacial score (nSPS) is 25.7. The minimum Gasteiger partial charge on any atom is -0.394 e. The molecule has 2 heterocycles. The number of aliphatic hydroxyl groups is 1. The summed E-state index contributed by atoms with van der Waals surface area (Å²) in [5.74, 6) is 0. The molecule has 64 heavy (non-hydrogen) atoms. The van der Waals surface area contributed by atoms with Crippen LogP contribution in [0.15, 0.2) is 177 Å². The summed E-state index contributed by atoms with van der Waals surface area (Å²) >= 11 is 0. The molecule has 338 valence electrons. The molecule has 10 atom stereocenters. The Morgan fingerprint density at radius 1 is 0.406 bits per heavy atom. The molecule has 2 aliphatic heterocycles. The van der Waals surface area contributed by atoms with Gasteiger partial charge in [-0.05, 0) is 27.8 Å². The van der Waals surface area contributed by atoms with E-state index in [1.807, 2.05) is 152 Å². The fourth-order valence-electron chi connectivity index (χ4n) is 7.80. The van der Waals surface area contributed by atoms with E-state index in [0.717, 1.165) is 27.8 Å². The summed E-state index contributed by atoms with van der Waals surface area (Å²) in [6.45, 7) is 9.04. The second kappa shape index (κ2) is 25.6. The molecular formula is C53H60O11. The minimum absolute atomic E-state index is 0.0870. The molecule has 11 heteroatoms. The third kappa shape index (κ3) is 13.6. The van der Waals surface area contributed by atoms with Crippen molar-refractivity contribution in [3.8, 4) is 0 Å². The summed E-state index contributed by atoms with van der Waals surface area (Å²) in [5, 5.41) is 11.1. The van der Waals surface area contributed by atoms with Crippen molar-refractivity contribution in [2.45, 2.75) is 94.4 Å². The van der Waals surface area contributed by atoms with Crippen molar-refractivity contribution in [1.82, 2.24) is 0 Å². The maximum absolute atomic E-state index is 11.1. The lowest BCUT2D eigenvalue weighted by Gasteiger charge is -2.50. The molecule has 2 fully saturated rings. The van der Waals surface area contributed by atoms with Crippen LogP contribution in [0.5, 0.6) is 0 Å². The van der Waals surface area contributed by atoms with Crippen LogP contribution in [-0.2, 0) is 80.4 Å². The summed E-state index contributed by atoms with van der Waals surface area (Å²) in [4.78, 5) is 0. The third-order valence-electron chi connectivity index (χ3n) is 11.0. The van der Waals surface area contributed by atoms with Crippen LogP contribution in [0.4, 0.5) is 0 Å². The smallest absolute Gasteiger partial charge is 0.187 e. The number of hydrogen-bond donors (Lipinski definition) is 1. The topological polar surface area (TPSA) is 113 Å². The molecular weight excluding hydrogens is 813 g/mol. The highest BCUT2D eigenvalue weighted by molar-refractivity contribution is 5.17. The van der Waals surface area contributed by atoms with Gasteiger partial charge in [0.2, 0.25) is 0 Å². The zero-order valence-corrected chi connectivity index (χ0v) is 36.2. The lowest BCUT2D eigenvalue weighted by molar-refractivity contribution is -0.376. The predicted octanol–water partition coefficient (Wildman–Crippen LogP) is 8.15. The fraction of sp³-hybridized carbons (Fsp3) is 0.358. The van der Waals surface area contributed by atoms with E-state index in [0.29, 0.717) is 0 Å². The molecule has 0 bridgehead atoms. The van der Waals surface area contributed by atoms with Crippen LogP contribution in [0.1, 0.15) is 27.8 Å². The maximum atomic E-state index is 11.1. The Bertz CT molecular complexity index is 2040. The average Bonchev–Trinajstić information content (AvgIpc) is 3.35. The molecule has 0 spiro atoms. The van der Waals surface area contributed by atoms with Crippen LogP contribution in [0.2, 0.25) is 0 Å². The van der Waals surface area contributed by atoms with Crippen molar-refractivity contribution in [1.29, 1.82) is 0 Å². The number of benzene rings is 5. The Kier molecular flexibility index (Phi) is 18.8. The van der Waals surface area contributed by atoms with E-state index in [-0.39, 0.29) is 52.9 Å². The molecule has 0 amide bonds. The van der Waals surface area contributed by atoms with Gasteiger partial charge in [0.1, 0.15) is 48.8 Å². The van der Waals surface area contributed by atoms with E-state index in [4.69, 9.17) is 47.4 Å². The summed E-state index contributed by atoms with van der Waals surface area (Å²) < 4.78 is 67.3. The standard InChI is InChI=1S/C53H60O11/c1-3-30-55-38-45-47(49(59-35-41-24-14-7-15-25-41)50(52(63-45)56-31-4-2)60-36-42-26-16-8-17-27-42)64-53-51(61-37-43-28-18-9-19-29-43)48(58-34-40-22-12-6-13-23-40)46(44(32-54)62-53)57-33-39-20-10-5-11-21-39/h3-29,44-54H,1-2,30-38H2/t44-,45-,46-,47-,48+,49+,50-,51-,52+,53+/m1/s1. The van der Waals surface area contributed by atoms with Gasteiger partial charge in [-0.15, -0.1) is 13.2 Å². The SMILES string of the molecule is C=CCOC[C@H]1O[C@H](OCC=C)[C@H](OCc2ccccc2)[C@@H](OCc2ccccc2)[C@@H]1O[C@@H]1O[C@H](CO)[C@@H](OCc2ccccc2)[C@H](OCc2ccccc2)[C@H]1OCc1ccccc1. The maximum Gasteiger partial charge on any atom is 0.187 e. The number of hydrogen-bond acceptors (Lipinski definition) is 11. The quantitative estimate of drug-likeness (QED) is 0.0453. The van der Waals surface area contributed by atoms with Crippen LogP contribution in [-0.4, -0.2) is 92.9 Å². The molecule has 0 radical (unpaired) electrons. The van der Waals surface area contributed by atoms with Gasteiger partial charge in [-0.2, -0.15) is 0 Å². The van der Waals surface area contributed by atoms with Gasteiger partial charge in [0.25, 0.3) is 0 Å². The van der Waals surface area contributed by atoms with E-state index < -0.39 is 68.0 Å². The van der Waals surface area contributed by atoms with Gasteiger partial charge in [-0.25, -0.2) is 0 Å². The van der Waals surface area contributed by atoms with E-state index in [2.05, 4.69) is 13.2 Å². The van der Waals surface area contributed by atoms with Crippen molar-refractivity contribution in [3.63, 3.8) is 0 Å². The van der Waals surface area contributed by atoms with Gasteiger partial charge in [0, 0.05) is 0 Å². The van der Waals surface area contributed by atoms with Crippen LogP contribution >= 0.6 is 0 Å². The Balaban J connectivity index is 1.27. The van der Waals surface area contributed by atoms with Crippen LogP contribution in [0.25, 0.3) is 0 Å². The van der Waals surface area contributed by atoms with Crippen molar-refractivity contribution >= 4 is 0 Å². The second-order valence-electron chi connectivity index (χ2n) is 15.6. The van der Waals surface area contributed by atoms with Crippen molar-refractivity contribution in [3.05, 3.63) is 205 Å². The van der Waals surface area contributed by atoms with Crippen molar-refractivity contribution in [2.75, 3.05) is 26.4 Å². The molecule has 1 N–H and O–H groups in total. The average molecular weight is 873 g/mol. The molecule has 0 unspecified atom stereocenters. The van der Waals surface area contributed by atoms with E-state index in [9.17, 15) is 5.11 Å². The van der Waals surface area contributed by atoms with Crippen LogP contribution < -0.4 is 0 Å². The minimum atomic E-state index is -1.14. The van der Waals surface area contributed by atoms with Gasteiger partial charge in [0.15, 0.2) is 12.6 Å². The van der Waals surface area contributed by atoms with Gasteiger partial charge in [-0.3, -0.25) is 0 Å². The first kappa shape index (κ1) is 47.1. The summed E-state index contributed by atoms with van der Waals surface area (Å²) in [7, 11) is 0. The monoisotopic (exact) mass is 872 g/mol. The Labute approximate surface area is 377 Å². The first-order valence-electron chi connectivity index (χ1n) is 21.9. The molecule has 2 aliphatic rings. The lowest BCUT2D eigenvalue weighted by Crippen LogP contribution is -2.66. The molecule has 0 saturated carbocycles. The predicted molar refractivity (Wildman–Crippen MR) is 242 cm³/mol. The highest BCUT2D eigenvalue weighted by Crippen LogP contribution is 2.36. The molecule has 5 aromatic carbocycles. The largest absolute Gasteiger partial charge is 0.394 e. The Hall–Kier alpha value is -4.86. The van der Waals surface area contributed by atoms with Gasteiger partial charge < -0.3 is 52.5 Å². The van der Waals surface area contributed by atoms with E-state index in [1.54, 1.807) is 12.2 Å². The fourth-order valence-corrected chi connectivity index (χ4v) is 7.80. The first-order chi connectivity index (χ1) is 31.6. The van der Waals surface area contributed by atoms with E-state index in [1.165, 1.54) is 0 Å². The second-order valence-corrected chi connectivity index (χ2v) is 15.6. The molecule has 5 aromatic rings. The molecule has 0 aliphatic carbocycles. The first-order valence-corrected chi connectivity index (χ1v) is 21.9. The van der Waals surface area contributed by atoms with E-state index >= 15 is 0 Å². The van der Waals surface area contributed by atoms with Crippen molar-refractivity contribution < 1.29 is 52.5 Å². The highest BCUT2D eigenvalue weighted by Gasteiger charge is 2.54. The van der Waals surface area contributed by atoms with Crippen molar-refractivity contribution in [2.24, 2.45) is 0 Å². The Morgan fingerprint density at radius 3 is 1.17 bits per heavy atom. The summed E-state index contributed by atoms with van der Waals surface area (Å²) in [5.41, 5.74) is 4.75. The number of rotatable bonds is 25. The molecule has 11 nitrogen and oxygen atoms in total. The zero-order chi connectivity index (χ0) is 44.2. The van der Waals surface area contributed by atoms with Crippen LogP contribution in [0.3, 0.4) is 0 Å². The third-order valence-corrected chi connectivity index (χ3v) is 11.0. The molecule has 0 aromatic heterocycles. The number of ether oxygens (including phenoxy) is 10. The number of aliphatic hydroxyl groups excluding tert-OH is 1. The summed E-state index contributed by atoms with van der Waals surface area (Å²) in [6.07, 6.45) is -5.34. The van der Waals surface area contributed by atoms with Gasteiger partial charge >= 0.3 is 0 Å². The highest BCUT2D eigenvalue weighted by atomic mass is 16.8. The molecule has 7 rings (SSSR count). The lowest BCUT2D eigenvalue weighted by atomic mass is 9.95. The van der Waals surface area contributed by atoms with Crippen LogP contribution in [0, 0.1) is 0 Å². The molecule has 2 saturated heterocycles.